The van der Waals surface area contributed by atoms with Gasteiger partial charge < -0.3 is 5.73 Å². The van der Waals surface area contributed by atoms with E-state index in [1.54, 1.807) is 19.1 Å². The third-order valence-electron chi connectivity index (χ3n) is 2.24. The minimum absolute atomic E-state index is 0.0526. The lowest BCUT2D eigenvalue weighted by atomic mass is 10.3. The molecular weight excluding hydrogens is 360 g/mol. The molecule has 0 bridgehead atoms. The molecule has 18 heavy (non-hydrogen) atoms. The maximum atomic E-state index is 12.1. The molecule has 4 nitrogen and oxygen atoms in total. The first-order valence-corrected chi connectivity index (χ1v) is 8.16. The van der Waals surface area contributed by atoms with Gasteiger partial charge in [-0.05, 0) is 40.5 Å². The monoisotopic (exact) mass is 370 g/mol. The van der Waals surface area contributed by atoms with Crippen LogP contribution in [0.25, 0.3) is 0 Å². The highest BCUT2D eigenvalue weighted by Crippen LogP contribution is 2.27. The fraction of sp³-hybridized carbons (Fsp3) is 0.300. The van der Waals surface area contributed by atoms with E-state index in [1.165, 1.54) is 6.07 Å². The third-order valence-corrected chi connectivity index (χ3v) is 5.44. The lowest BCUT2D eigenvalue weighted by Gasteiger charge is -2.16. The van der Waals surface area contributed by atoms with Crippen LogP contribution in [0.3, 0.4) is 0 Å². The molecule has 8 heteroatoms. The van der Waals surface area contributed by atoms with Gasteiger partial charge in [0.25, 0.3) is 0 Å². The van der Waals surface area contributed by atoms with E-state index in [0.29, 0.717) is 21.6 Å². The highest BCUT2D eigenvalue weighted by Gasteiger charge is 2.26. The number of sulfonamides is 1. The van der Waals surface area contributed by atoms with E-state index in [9.17, 15) is 8.42 Å². The van der Waals surface area contributed by atoms with E-state index in [2.05, 4.69) is 20.7 Å². The zero-order chi connectivity index (χ0) is 13.9. The molecule has 1 aromatic carbocycles. The molecule has 0 radical (unpaired) electrons. The Kier molecular flexibility index (Phi) is 5.39. The Morgan fingerprint density at radius 2 is 2.22 bits per heavy atom. The number of anilines is 1. The molecule has 1 aromatic rings. The van der Waals surface area contributed by atoms with Crippen LogP contribution < -0.4 is 10.5 Å². The average molecular weight is 372 g/mol. The predicted octanol–water partition coefficient (Wildman–Crippen LogP) is 2.91. The maximum Gasteiger partial charge on any atom is 0.242 e. The second kappa shape index (κ2) is 6.18. The van der Waals surface area contributed by atoms with Crippen LogP contribution in [-0.4, -0.2) is 18.7 Å². The normalized spacial score (nSPS) is 13.1. The summed E-state index contributed by atoms with van der Waals surface area (Å²) >= 11 is 13.8. The Bertz CT molecular complexity index is 563. The number of benzene rings is 1. The summed E-state index contributed by atoms with van der Waals surface area (Å²) in [5.41, 5.74) is 5.79. The predicted molar refractivity (Wildman–Crippen MR) is 82.6 cm³/mol. The van der Waals surface area contributed by atoms with Crippen molar-refractivity contribution < 1.29 is 8.42 Å². The first-order chi connectivity index (χ1) is 8.27. The SMILES string of the molecule is CCC(C(N)=S)S(=O)(=O)Nc1cc(Cl)ccc1Br. The fourth-order valence-electron chi connectivity index (χ4n) is 1.37. The maximum absolute atomic E-state index is 12.1. The summed E-state index contributed by atoms with van der Waals surface area (Å²) in [6.07, 6.45) is 0.308. The molecule has 1 atom stereocenters. The van der Waals surface area contributed by atoms with Gasteiger partial charge in [0.15, 0.2) is 0 Å². The number of hydrogen-bond acceptors (Lipinski definition) is 3. The van der Waals surface area contributed by atoms with E-state index in [1.807, 2.05) is 0 Å². The van der Waals surface area contributed by atoms with Gasteiger partial charge in [-0.3, -0.25) is 4.72 Å². The summed E-state index contributed by atoms with van der Waals surface area (Å²) in [6.45, 7) is 1.70. The van der Waals surface area contributed by atoms with Crippen molar-refractivity contribution >= 4 is 60.4 Å². The second-order valence-electron chi connectivity index (χ2n) is 3.57. The summed E-state index contributed by atoms with van der Waals surface area (Å²) in [7, 11) is -3.67. The number of thiocarbonyl (C=S) groups is 1. The summed E-state index contributed by atoms with van der Waals surface area (Å²) in [5.74, 6) is 0. The molecule has 100 valence electrons. The zero-order valence-corrected chi connectivity index (χ0v) is 13.5. The molecule has 0 aliphatic carbocycles. The average Bonchev–Trinajstić information content (AvgIpc) is 2.22. The molecule has 0 aliphatic heterocycles. The van der Waals surface area contributed by atoms with Gasteiger partial charge in [0, 0.05) is 9.50 Å². The molecule has 0 heterocycles. The Labute approximate surface area is 125 Å². The molecule has 0 spiro atoms. The third kappa shape index (κ3) is 3.81. The van der Waals surface area contributed by atoms with Crippen LogP contribution in [0, 0.1) is 0 Å². The van der Waals surface area contributed by atoms with Crippen molar-refractivity contribution in [1.29, 1.82) is 0 Å². The van der Waals surface area contributed by atoms with Gasteiger partial charge in [-0.15, -0.1) is 0 Å². The molecule has 3 N–H and O–H groups in total. The molecule has 0 saturated carbocycles. The van der Waals surface area contributed by atoms with Gasteiger partial charge in [-0.2, -0.15) is 0 Å². The van der Waals surface area contributed by atoms with Crippen LogP contribution in [0.5, 0.6) is 0 Å². The molecule has 0 aliphatic rings. The topological polar surface area (TPSA) is 72.2 Å². The van der Waals surface area contributed by atoms with Crippen molar-refractivity contribution in [3.63, 3.8) is 0 Å². The van der Waals surface area contributed by atoms with Crippen LogP contribution in [0.4, 0.5) is 5.69 Å². The molecule has 0 amide bonds. The summed E-state index contributed by atoms with van der Waals surface area (Å²) < 4.78 is 27.2. The molecule has 1 unspecified atom stereocenters. The van der Waals surface area contributed by atoms with Crippen LogP contribution in [0.2, 0.25) is 5.02 Å². The van der Waals surface area contributed by atoms with Crippen molar-refractivity contribution in [3.05, 3.63) is 27.7 Å². The summed E-state index contributed by atoms with van der Waals surface area (Å²) in [5, 5.41) is -0.474. The number of halogens is 2. The largest absolute Gasteiger partial charge is 0.392 e. The Hall–Kier alpha value is -0.370. The summed E-state index contributed by atoms with van der Waals surface area (Å²) in [4.78, 5) is -0.0526. The van der Waals surface area contributed by atoms with Gasteiger partial charge in [-0.25, -0.2) is 8.42 Å². The van der Waals surface area contributed by atoms with E-state index >= 15 is 0 Å². The van der Waals surface area contributed by atoms with Crippen molar-refractivity contribution in [2.24, 2.45) is 5.73 Å². The Balaban J connectivity index is 3.09. The number of hydrogen-bond donors (Lipinski definition) is 2. The van der Waals surface area contributed by atoms with E-state index < -0.39 is 15.3 Å². The van der Waals surface area contributed by atoms with E-state index in [0.717, 1.165) is 0 Å². The minimum atomic E-state index is -3.67. The number of nitrogens with two attached hydrogens (primary N) is 1. The molecule has 0 fully saturated rings. The van der Waals surface area contributed by atoms with Gasteiger partial charge in [0.05, 0.1) is 10.7 Å². The highest BCUT2D eigenvalue weighted by molar-refractivity contribution is 9.10. The second-order valence-corrected chi connectivity index (χ2v) is 7.20. The van der Waals surface area contributed by atoms with E-state index in [4.69, 9.17) is 29.6 Å². The molecular formula is C10H12BrClN2O2S2. The molecule has 1 rings (SSSR count). The highest BCUT2D eigenvalue weighted by atomic mass is 79.9. The van der Waals surface area contributed by atoms with Gasteiger partial charge in [0.2, 0.25) is 10.0 Å². The first kappa shape index (κ1) is 15.7. The Morgan fingerprint density at radius 3 is 2.72 bits per heavy atom. The number of rotatable bonds is 5. The zero-order valence-electron chi connectivity index (χ0n) is 9.48. The van der Waals surface area contributed by atoms with Gasteiger partial charge in [-0.1, -0.05) is 30.7 Å². The van der Waals surface area contributed by atoms with Crippen LogP contribution >= 0.6 is 39.7 Å². The smallest absolute Gasteiger partial charge is 0.242 e. The lowest BCUT2D eigenvalue weighted by Crippen LogP contribution is -2.37. The minimum Gasteiger partial charge on any atom is -0.392 e. The lowest BCUT2D eigenvalue weighted by molar-refractivity contribution is 0.594. The van der Waals surface area contributed by atoms with Crippen molar-refractivity contribution in [3.8, 4) is 0 Å². The van der Waals surface area contributed by atoms with Crippen molar-refractivity contribution in [1.82, 2.24) is 0 Å². The molecule has 0 saturated heterocycles. The van der Waals surface area contributed by atoms with Crippen molar-refractivity contribution in [2.45, 2.75) is 18.6 Å². The van der Waals surface area contributed by atoms with Crippen LogP contribution in [-0.2, 0) is 10.0 Å². The number of nitrogens with one attached hydrogen (secondary N) is 1. The first-order valence-electron chi connectivity index (χ1n) is 5.04. The standard InChI is InChI=1S/C10H12BrClN2O2S2/c1-2-9(10(13)17)18(15,16)14-8-5-6(12)3-4-7(8)11/h3-5,9,14H,2H2,1H3,(H2,13,17). The van der Waals surface area contributed by atoms with Crippen LogP contribution in [0.15, 0.2) is 22.7 Å². The summed E-state index contributed by atoms with van der Waals surface area (Å²) in [6, 6.07) is 4.81. The Morgan fingerprint density at radius 1 is 1.61 bits per heavy atom. The van der Waals surface area contributed by atoms with E-state index in [-0.39, 0.29) is 4.99 Å². The quantitative estimate of drug-likeness (QED) is 0.781. The van der Waals surface area contributed by atoms with Crippen molar-refractivity contribution in [2.75, 3.05) is 4.72 Å². The fourth-order valence-corrected chi connectivity index (χ4v) is 3.93. The molecule has 0 aromatic heterocycles. The van der Waals surface area contributed by atoms with Gasteiger partial charge >= 0.3 is 0 Å². The van der Waals surface area contributed by atoms with Gasteiger partial charge in [0.1, 0.15) is 5.25 Å². The van der Waals surface area contributed by atoms with Crippen LogP contribution in [0.1, 0.15) is 13.3 Å².